The molecule has 1 aliphatic rings. The molecule has 0 radical (unpaired) electrons. The largest absolute Gasteiger partial charge is 0.494 e. The molecule has 0 bridgehead atoms. The molecule has 0 fully saturated rings. The van der Waals surface area contributed by atoms with E-state index in [1.807, 2.05) is 63.2 Å². The molecule has 0 saturated heterocycles. The van der Waals surface area contributed by atoms with Crippen molar-refractivity contribution >= 4 is 38.5 Å². The fourth-order valence-corrected chi connectivity index (χ4v) is 4.76. The van der Waals surface area contributed by atoms with Crippen molar-refractivity contribution < 1.29 is 13.9 Å². The van der Waals surface area contributed by atoms with Crippen LogP contribution in [-0.4, -0.2) is 12.5 Å². The zero-order chi connectivity index (χ0) is 24.0. The van der Waals surface area contributed by atoms with Crippen molar-refractivity contribution in [3.63, 3.8) is 0 Å². The van der Waals surface area contributed by atoms with Crippen molar-refractivity contribution in [1.82, 2.24) is 0 Å². The highest BCUT2D eigenvalue weighted by Gasteiger charge is 2.43. The third kappa shape index (κ3) is 3.72. The Labute approximate surface area is 206 Å². The average molecular weight is 518 g/mol. The number of halogens is 1. The van der Waals surface area contributed by atoms with Crippen molar-refractivity contribution in [2.24, 2.45) is 0 Å². The third-order valence-electron chi connectivity index (χ3n) is 6.25. The Hall–Kier alpha value is -3.38. The maximum atomic E-state index is 13.8. The lowest BCUT2D eigenvalue weighted by Crippen LogP contribution is -2.29. The van der Waals surface area contributed by atoms with Crippen LogP contribution in [0.2, 0.25) is 0 Å². The first kappa shape index (κ1) is 22.4. The van der Waals surface area contributed by atoms with E-state index in [2.05, 4.69) is 15.9 Å². The zero-order valence-corrected chi connectivity index (χ0v) is 20.8. The van der Waals surface area contributed by atoms with E-state index >= 15 is 0 Å². The molecular weight excluding hydrogens is 494 g/mol. The Morgan fingerprint density at radius 2 is 1.82 bits per heavy atom. The number of ether oxygens (including phenoxy) is 1. The van der Waals surface area contributed by atoms with Crippen LogP contribution in [0.4, 0.5) is 5.69 Å². The Kier molecular flexibility index (Phi) is 5.78. The van der Waals surface area contributed by atoms with Gasteiger partial charge in [0.05, 0.1) is 23.6 Å². The number of rotatable bonds is 5. The first-order valence-electron chi connectivity index (χ1n) is 11.3. The lowest BCUT2D eigenvalue weighted by Gasteiger charge is -2.26. The van der Waals surface area contributed by atoms with Gasteiger partial charge in [0.2, 0.25) is 5.76 Å². The standard InChI is InChI=1S/C28H24BrNO4/c1-4-12-33-21-7-5-6-18(14-21)25-24-26(31)22-15-19(29)9-11-23(22)34-27(24)28(32)30(25)20-10-8-16(2)17(3)13-20/h5-11,13-15,25H,4,12H2,1-3H3. The molecular formula is C28H24BrNO4. The smallest absolute Gasteiger partial charge is 0.295 e. The fourth-order valence-electron chi connectivity index (χ4n) is 4.40. The zero-order valence-electron chi connectivity index (χ0n) is 19.2. The second kappa shape index (κ2) is 8.76. The number of benzene rings is 3. The van der Waals surface area contributed by atoms with E-state index in [4.69, 9.17) is 9.15 Å². The van der Waals surface area contributed by atoms with Crippen LogP contribution in [0.1, 0.15) is 52.2 Å². The monoisotopic (exact) mass is 517 g/mol. The molecule has 0 aliphatic carbocycles. The summed E-state index contributed by atoms with van der Waals surface area (Å²) in [5.74, 6) is 0.459. The van der Waals surface area contributed by atoms with Gasteiger partial charge in [0.15, 0.2) is 5.43 Å². The van der Waals surface area contributed by atoms with E-state index in [0.29, 0.717) is 34.6 Å². The highest BCUT2D eigenvalue weighted by molar-refractivity contribution is 9.10. The summed E-state index contributed by atoms with van der Waals surface area (Å²) in [6.45, 7) is 6.67. The number of carbonyl (C=O) groups is 1. The van der Waals surface area contributed by atoms with Crippen LogP contribution < -0.4 is 15.1 Å². The van der Waals surface area contributed by atoms with Gasteiger partial charge < -0.3 is 9.15 Å². The van der Waals surface area contributed by atoms with Gasteiger partial charge in [-0.1, -0.05) is 41.1 Å². The number of nitrogens with zero attached hydrogens (tertiary/aromatic N) is 1. The van der Waals surface area contributed by atoms with Crippen molar-refractivity contribution in [3.8, 4) is 5.75 Å². The van der Waals surface area contributed by atoms with E-state index in [0.717, 1.165) is 27.6 Å². The highest BCUT2D eigenvalue weighted by atomic mass is 79.9. The predicted octanol–water partition coefficient (Wildman–Crippen LogP) is 6.71. The number of hydrogen-bond acceptors (Lipinski definition) is 4. The van der Waals surface area contributed by atoms with Crippen LogP contribution in [0.5, 0.6) is 5.75 Å². The summed E-state index contributed by atoms with van der Waals surface area (Å²) in [6, 6.07) is 18.1. The molecule has 0 spiro atoms. The second-order valence-electron chi connectivity index (χ2n) is 8.58. The molecule has 3 aromatic carbocycles. The average Bonchev–Trinajstić information content (AvgIpc) is 3.13. The lowest BCUT2D eigenvalue weighted by molar-refractivity contribution is 0.0971. The summed E-state index contributed by atoms with van der Waals surface area (Å²) in [5, 5.41) is 0.436. The first-order valence-corrected chi connectivity index (χ1v) is 12.1. The maximum Gasteiger partial charge on any atom is 0.295 e. The Morgan fingerprint density at radius 1 is 1.00 bits per heavy atom. The van der Waals surface area contributed by atoms with Gasteiger partial charge in [0.1, 0.15) is 11.3 Å². The number of amides is 1. The molecule has 34 heavy (non-hydrogen) atoms. The molecule has 5 nitrogen and oxygen atoms in total. The minimum atomic E-state index is -0.630. The van der Waals surface area contributed by atoms with Gasteiger partial charge in [-0.25, -0.2) is 0 Å². The summed E-state index contributed by atoms with van der Waals surface area (Å²) < 4.78 is 12.7. The van der Waals surface area contributed by atoms with Gasteiger partial charge in [-0.05, 0) is 79.4 Å². The van der Waals surface area contributed by atoms with Crippen LogP contribution in [0.25, 0.3) is 11.0 Å². The van der Waals surface area contributed by atoms with Gasteiger partial charge in [0, 0.05) is 10.2 Å². The topological polar surface area (TPSA) is 59.8 Å². The van der Waals surface area contributed by atoms with E-state index in [9.17, 15) is 9.59 Å². The van der Waals surface area contributed by atoms with E-state index in [1.54, 1.807) is 23.1 Å². The van der Waals surface area contributed by atoms with Crippen LogP contribution in [0.3, 0.4) is 0 Å². The van der Waals surface area contributed by atoms with Crippen LogP contribution in [-0.2, 0) is 0 Å². The minimum absolute atomic E-state index is 0.0860. The van der Waals surface area contributed by atoms with Crippen LogP contribution in [0, 0.1) is 13.8 Å². The molecule has 1 atom stereocenters. The molecule has 1 aliphatic heterocycles. The molecule has 4 aromatic rings. The first-order chi connectivity index (χ1) is 16.4. The molecule has 6 heteroatoms. The van der Waals surface area contributed by atoms with Crippen LogP contribution in [0.15, 0.2) is 74.3 Å². The molecule has 1 amide bonds. The molecule has 0 N–H and O–H groups in total. The van der Waals surface area contributed by atoms with Gasteiger partial charge in [-0.15, -0.1) is 0 Å². The normalized spacial score (nSPS) is 15.1. The van der Waals surface area contributed by atoms with Gasteiger partial charge in [-0.3, -0.25) is 14.5 Å². The van der Waals surface area contributed by atoms with E-state index in [1.165, 1.54) is 0 Å². The van der Waals surface area contributed by atoms with Crippen LogP contribution >= 0.6 is 15.9 Å². The number of carbonyl (C=O) groups excluding carboxylic acids is 1. The minimum Gasteiger partial charge on any atom is -0.494 e. The summed E-state index contributed by atoms with van der Waals surface area (Å²) in [6.07, 6.45) is 0.883. The van der Waals surface area contributed by atoms with Crippen molar-refractivity contribution in [2.75, 3.05) is 11.5 Å². The van der Waals surface area contributed by atoms with E-state index in [-0.39, 0.29) is 17.1 Å². The Bertz CT molecular complexity index is 1490. The lowest BCUT2D eigenvalue weighted by atomic mass is 9.97. The quantitative estimate of drug-likeness (QED) is 0.295. The maximum absolute atomic E-state index is 13.8. The van der Waals surface area contributed by atoms with Crippen molar-refractivity contribution in [2.45, 2.75) is 33.2 Å². The Morgan fingerprint density at radius 3 is 2.59 bits per heavy atom. The second-order valence-corrected chi connectivity index (χ2v) is 9.50. The van der Waals surface area contributed by atoms with Gasteiger partial charge >= 0.3 is 0 Å². The number of hydrogen-bond donors (Lipinski definition) is 0. The number of aryl methyl sites for hydroxylation is 2. The summed E-state index contributed by atoms with van der Waals surface area (Å²) in [5.41, 5.74) is 4.23. The Balaban J connectivity index is 1.77. The molecule has 5 rings (SSSR count). The summed E-state index contributed by atoms with van der Waals surface area (Å²) in [4.78, 5) is 29.2. The molecule has 1 unspecified atom stereocenters. The summed E-state index contributed by atoms with van der Waals surface area (Å²) in [7, 11) is 0. The number of anilines is 1. The molecule has 0 saturated carbocycles. The highest BCUT2D eigenvalue weighted by Crippen LogP contribution is 2.42. The molecule has 172 valence electrons. The van der Waals surface area contributed by atoms with Crippen molar-refractivity contribution in [1.29, 1.82) is 0 Å². The third-order valence-corrected chi connectivity index (χ3v) is 6.74. The van der Waals surface area contributed by atoms with E-state index < -0.39 is 6.04 Å². The fraction of sp³-hybridized carbons (Fsp3) is 0.214. The SMILES string of the molecule is CCCOc1cccc(C2c3c(oc4ccc(Br)cc4c3=O)C(=O)N2c2ccc(C)c(C)c2)c1. The van der Waals surface area contributed by atoms with Gasteiger partial charge in [-0.2, -0.15) is 0 Å². The van der Waals surface area contributed by atoms with Gasteiger partial charge in [0.25, 0.3) is 5.91 Å². The number of fused-ring (bicyclic) bond motifs is 2. The molecule has 1 aromatic heterocycles. The summed E-state index contributed by atoms with van der Waals surface area (Å²) >= 11 is 3.44. The molecule has 2 heterocycles. The van der Waals surface area contributed by atoms with Crippen molar-refractivity contribution in [3.05, 3.63) is 103 Å². The predicted molar refractivity (Wildman–Crippen MR) is 137 cm³/mol.